The summed E-state index contributed by atoms with van der Waals surface area (Å²) in [4.78, 5) is 0. The number of hydrogen-bond acceptors (Lipinski definition) is 3. The molecule has 0 amide bonds. The maximum absolute atomic E-state index is 10.3. The van der Waals surface area contributed by atoms with E-state index in [1.807, 2.05) is 25.2 Å². The number of methoxy groups -OCH3 is 1. The van der Waals surface area contributed by atoms with Crippen LogP contribution in [0.3, 0.4) is 0 Å². The first-order chi connectivity index (χ1) is 8.11. The summed E-state index contributed by atoms with van der Waals surface area (Å²) >= 11 is 3.38. The first-order valence-electron chi connectivity index (χ1n) is 5.12. The summed E-state index contributed by atoms with van der Waals surface area (Å²) in [6, 6.07) is 5.54. The van der Waals surface area contributed by atoms with E-state index in [9.17, 15) is 5.11 Å². The second-order valence-electron chi connectivity index (χ2n) is 3.74. The molecule has 1 aromatic carbocycles. The molecule has 0 bridgehead atoms. The third kappa shape index (κ3) is 2.50. The highest BCUT2D eigenvalue weighted by Gasteiger charge is 2.17. The fourth-order valence-electron chi connectivity index (χ4n) is 1.68. The van der Waals surface area contributed by atoms with E-state index in [1.54, 1.807) is 24.2 Å². The number of halogens is 1. The van der Waals surface area contributed by atoms with Crippen LogP contribution in [0, 0.1) is 0 Å². The zero-order chi connectivity index (χ0) is 12.4. The number of aryl methyl sites for hydroxylation is 1. The minimum absolute atomic E-state index is 0.657. The van der Waals surface area contributed by atoms with Crippen molar-refractivity contribution in [2.45, 2.75) is 6.10 Å². The van der Waals surface area contributed by atoms with E-state index in [-0.39, 0.29) is 0 Å². The quantitative estimate of drug-likeness (QED) is 0.945. The van der Waals surface area contributed by atoms with Crippen LogP contribution in [0.2, 0.25) is 0 Å². The van der Waals surface area contributed by atoms with Gasteiger partial charge in [-0.2, -0.15) is 5.10 Å². The van der Waals surface area contributed by atoms with Crippen molar-refractivity contribution in [1.29, 1.82) is 0 Å². The molecule has 1 heterocycles. The van der Waals surface area contributed by atoms with Gasteiger partial charge in [-0.05, 0) is 18.2 Å². The Morgan fingerprint density at radius 1 is 1.47 bits per heavy atom. The number of ether oxygens (including phenoxy) is 1. The van der Waals surface area contributed by atoms with Crippen LogP contribution in [0.5, 0.6) is 5.75 Å². The van der Waals surface area contributed by atoms with Crippen LogP contribution in [0.15, 0.2) is 35.1 Å². The molecule has 17 heavy (non-hydrogen) atoms. The summed E-state index contributed by atoms with van der Waals surface area (Å²) < 4.78 is 7.80. The van der Waals surface area contributed by atoms with Gasteiger partial charge in [-0.15, -0.1) is 0 Å². The van der Waals surface area contributed by atoms with Gasteiger partial charge in [-0.1, -0.05) is 15.9 Å². The van der Waals surface area contributed by atoms with Gasteiger partial charge in [0, 0.05) is 28.8 Å². The van der Waals surface area contributed by atoms with E-state index in [0.29, 0.717) is 5.75 Å². The molecule has 0 fully saturated rings. The monoisotopic (exact) mass is 296 g/mol. The molecule has 1 atom stereocenters. The Hall–Kier alpha value is -1.33. The molecule has 0 saturated heterocycles. The normalized spacial score (nSPS) is 12.5. The molecule has 0 saturated carbocycles. The van der Waals surface area contributed by atoms with Crippen LogP contribution in [-0.4, -0.2) is 22.0 Å². The molecule has 90 valence electrons. The Labute approximate surface area is 108 Å². The molecule has 1 aromatic heterocycles. The highest BCUT2D eigenvalue weighted by Crippen LogP contribution is 2.31. The van der Waals surface area contributed by atoms with E-state index in [2.05, 4.69) is 21.0 Å². The first kappa shape index (κ1) is 12.1. The minimum Gasteiger partial charge on any atom is -0.496 e. The molecule has 2 aromatic rings. The standard InChI is InChI=1S/C12H13BrN2O2/c1-15-7-8(6-14-15)12(16)10-5-9(13)3-4-11(10)17-2/h3-7,12,16H,1-2H3. The van der Waals surface area contributed by atoms with E-state index in [1.165, 1.54) is 0 Å². The molecule has 2 rings (SSSR count). The lowest BCUT2D eigenvalue weighted by Crippen LogP contribution is -2.01. The molecule has 0 aliphatic carbocycles. The lowest BCUT2D eigenvalue weighted by atomic mass is 10.0. The van der Waals surface area contributed by atoms with Crippen LogP contribution >= 0.6 is 15.9 Å². The van der Waals surface area contributed by atoms with Crippen LogP contribution in [-0.2, 0) is 7.05 Å². The van der Waals surface area contributed by atoms with Gasteiger partial charge >= 0.3 is 0 Å². The predicted octanol–water partition coefficient (Wildman–Crippen LogP) is 2.27. The van der Waals surface area contributed by atoms with Crippen molar-refractivity contribution in [2.24, 2.45) is 7.05 Å². The molecule has 1 N–H and O–H groups in total. The van der Waals surface area contributed by atoms with Gasteiger partial charge in [0.2, 0.25) is 0 Å². The molecule has 4 nitrogen and oxygen atoms in total. The van der Waals surface area contributed by atoms with Crippen molar-refractivity contribution in [3.8, 4) is 5.75 Å². The molecule has 5 heteroatoms. The average molecular weight is 297 g/mol. The Kier molecular flexibility index (Phi) is 3.49. The van der Waals surface area contributed by atoms with Crippen LogP contribution in [0.4, 0.5) is 0 Å². The summed E-state index contributed by atoms with van der Waals surface area (Å²) in [5.74, 6) is 0.657. The third-order valence-corrected chi connectivity index (χ3v) is 3.02. The fraction of sp³-hybridized carbons (Fsp3) is 0.250. The molecular weight excluding hydrogens is 284 g/mol. The average Bonchev–Trinajstić information content (AvgIpc) is 2.75. The summed E-state index contributed by atoms with van der Waals surface area (Å²) in [6.07, 6.45) is 2.69. The van der Waals surface area contributed by atoms with E-state index < -0.39 is 6.10 Å². The van der Waals surface area contributed by atoms with Crippen molar-refractivity contribution in [3.05, 3.63) is 46.2 Å². The number of aliphatic hydroxyl groups is 1. The molecule has 1 unspecified atom stereocenters. The van der Waals surface area contributed by atoms with E-state index in [0.717, 1.165) is 15.6 Å². The number of nitrogens with zero attached hydrogens (tertiary/aromatic N) is 2. The van der Waals surface area contributed by atoms with E-state index in [4.69, 9.17) is 4.74 Å². The second-order valence-corrected chi connectivity index (χ2v) is 4.65. The number of aromatic nitrogens is 2. The zero-order valence-electron chi connectivity index (χ0n) is 9.59. The van der Waals surface area contributed by atoms with Crippen LogP contribution < -0.4 is 4.74 Å². The maximum atomic E-state index is 10.3. The number of rotatable bonds is 3. The van der Waals surface area contributed by atoms with Crippen molar-refractivity contribution in [1.82, 2.24) is 9.78 Å². The number of benzene rings is 1. The second kappa shape index (κ2) is 4.89. The van der Waals surface area contributed by atoms with Gasteiger partial charge in [0.25, 0.3) is 0 Å². The van der Waals surface area contributed by atoms with Gasteiger partial charge in [-0.3, -0.25) is 4.68 Å². The van der Waals surface area contributed by atoms with Gasteiger partial charge in [0.15, 0.2) is 0 Å². The van der Waals surface area contributed by atoms with Crippen molar-refractivity contribution < 1.29 is 9.84 Å². The number of aliphatic hydroxyl groups excluding tert-OH is 1. The van der Waals surface area contributed by atoms with Crippen molar-refractivity contribution >= 4 is 15.9 Å². The van der Waals surface area contributed by atoms with E-state index >= 15 is 0 Å². The Bertz CT molecular complexity index is 525. The van der Waals surface area contributed by atoms with Crippen LogP contribution in [0.25, 0.3) is 0 Å². The third-order valence-electron chi connectivity index (χ3n) is 2.53. The highest BCUT2D eigenvalue weighted by atomic mass is 79.9. The maximum Gasteiger partial charge on any atom is 0.125 e. The SMILES string of the molecule is COc1ccc(Br)cc1C(O)c1cnn(C)c1. The Balaban J connectivity index is 2.42. The number of hydrogen-bond donors (Lipinski definition) is 1. The summed E-state index contributed by atoms with van der Waals surface area (Å²) in [7, 11) is 3.40. The highest BCUT2D eigenvalue weighted by molar-refractivity contribution is 9.10. The fourth-order valence-corrected chi connectivity index (χ4v) is 2.06. The molecular formula is C12H13BrN2O2. The van der Waals surface area contributed by atoms with Crippen LogP contribution in [0.1, 0.15) is 17.2 Å². The molecule has 0 radical (unpaired) electrons. The predicted molar refractivity (Wildman–Crippen MR) is 68.0 cm³/mol. The first-order valence-corrected chi connectivity index (χ1v) is 5.91. The lowest BCUT2D eigenvalue weighted by molar-refractivity contribution is 0.214. The minimum atomic E-state index is -0.740. The topological polar surface area (TPSA) is 47.3 Å². The molecule has 0 spiro atoms. The van der Waals surface area contributed by atoms with Crippen molar-refractivity contribution in [3.63, 3.8) is 0 Å². The van der Waals surface area contributed by atoms with Crippen molar-refractivity contribution in [2.75, 3.05) is 7.11 Å². The van der Waals surface area contributed by atoms with Gasteiger partial charge in [0.1, 0.15) is 11.9 Å². The zero-order valence-corrected chi connectivity index (χ0v) is 11.2. The molecule has 0 aliphatic rings. The largest absolute Gasteiger partial charge is 0.496 e. The van der Waals surface area contributed by atoms with Gasteiger partial charge < -0.3 is 9.84 Å². The van der Waals surface area contributed by atoms with Gasteiger partial charge in [-0.25, -0.2) is 0 Å². The Morgan fingerprint density at radius 3 is 2.82 bits per heavy atom. The summed E-state index contributed by atoms with van der Waals surface area (Å²) in [5, 5.41) is 14.3. The smallest absolute Gasteiger partial charge is 0.125 e. The summed E-state index contributed by atoms with van der Waals surface area (Å²) in [5.41, 5.74) is 1.46. The summed E-state index contributed by atoms with van der Waals surface area (Å²) in [6.45, 7) is 0. The van der Waals surface area contributed by atoms with Gasteiger partial charge in [0.05, 0.1) is 13.3 Å². The molecule has 0 aliphatic heterocycles. The Morgan fingerprint density at radius 2 is 2.24 bits per heavy atom. The lowest BCUT2D eigenvalue weighted by Gasteiger charge is -2.13.